The number of nitrogens with one attached hydrogen (secondary N) is 1. The number of methoxy groups -OCH3 is 1. The standard InChI is InChI=1S/C24H32N2O3/c1-4-6-17-25-24(28)23(20-11-8-7-9-12-20)26(22(27)10-5-2)18-19-13-15-21(29-3)16-14-19/h7-9,11-16,23H,4-6,10,17-18H2,1-3H3,(H,25,28)/t23-/m1/s1. The summed E-state index contributed by atoms with van der Waals surface area (Å²) in [7, 11) is 1.62. The third-order valence-corrected chi connectivity index (χ3v) is 4.80. The summed E-state index contributed by atoms with van der Waals surface area (Å²) in [5.41, 5.74) is 1.78. The van der Waals surface area contributed by atoms with Crippen molar-refractivity contribution >= 4 is 11.8 Å². The third kappa shape index (κ3) is 6.63. The lowest BCUT2D eigenvalue weighted by Crippen LogP contribution is -2.43. The van der Waals surface area contributed by atoms with Crippen LogP contribution in [0, 0.1) is 0 Å². The molecule has 0 spiro atoms. The molecule has 2 rings (SSSR count). The van der Waals surface area contributed by atoms with Gasteiger partial charge in [0.25, 0.3) is 0 Å². The number of amides is 2. The van der Waals surface area contributed by atoms with Gasteiger partial charge in [0.15, 0.2) is 0 Å². The van der Waals surface area contributed by atoms with E-state index >= 15 is 0 Å². The minimum atomic E-state index is -0.658. The summed E-state index contributed by atoms with van der Waals surface area (Å²) in [6.07, 6.45) is 3.05. The third-order valence-electron chi connectivity index (χ3n) is 4.80. The molecule has 0 saturated heterocycles. The number of hydrogen-bond acceptors (Lipinski definition) is 3. The van der Waals surface area contributed by atoms with Crippen molar-refractivity contribution < 1.29 is 14.3 Å². The SMILES string of the molecule is CCCCNC(=O)[C@@H](c1ccccc1)N(Cc1ccc(OC)cc1)C(=O)CCC. The van der Waals surface area contributed by atoms with Crippen molar-refractivity contribution in [2.75, 3.05) is 13.7 Å². The van der Waals surface area contributed by atoms with Crippen LogP contribution in [0.4, 0.5) is 0 Å². The van der Waals surface area contributed by atoms with Gasteiger partial charge in [-0.25, -0.2) is 0 Å². The number of unbranched alkanes of at least 4 members (excludes halogenated alkanes) is 1. The second-order valence-corrected chi connectivity index (χ2v) is 7.08. The lowest BCUT2D eigenvalue weighted by atomic mass is 10.0. The van der Waals surface area contributed by atoms with Gasteiger partial charge in [0.1, 0.15) is 11.8 Å². The van der Waals surface area contributed by atoms with Gasteiger partial charge in [0.05, 0.1) is 7.11 Å². The average Bonchev–Trinajstić information content (AvgIpc) is 2.75. The van der Waals surface area contributed by atoms with Crippen LogP contribution in [0.15, 0.2) is 54.6 Å². The summed E-state index contributed by atoms with van der Waals surface area (Å²) in [6.45, 7) is 5.03. The maximum Gasteiger partial charge on any atom is 0.247 e. The summed E-state index contributed by atoms with van der Waals surface area (Å²) < 4.78 is 5.23. The first kappa shape index (κ1) is 22.5. The van der Waals surface area contributed by atoms with Crippen molar-refractivity contribution in [1.29, 1.82) is 0 Å². The van der Waals surface area contributed by atoms with Crippen LogP contribution in [-0.4, -0.2) is 30.4 Å². The van der Waals surface area contributed by atoms with E-state index < -0.39 is 6.04 Å². The monoisotopic (exact) mass is 396 g/mol. The lowest BCUT2D eigenvalue weighted by molar-refractivity contribution is -0.141. The van der Waals surface area contributed by atoms with Gasteiger partial charge in [-0.1, -0.05) is 62.7 Å². The van der Waals surface area contributed by atoms with Gasteiger partial charge < -0.3 is 15.0 Å². The molecule has 2 amide bonds. The van der Waals surface area contributed by atoms with E-state index in [9.17, 15) is 9.59 Å². The molecule has 0 fully saturated rings. The number of benzene rings is 2. The van der Waals surface area contributed by atoms with Crippen LogP contribution in [0.5, 0.6) is 5.75 Å². The van der Waals surface area contributed by atoms with E-state index in [4.69, 9.17) is 4.74 Å². The topological polar surface area (TPSA) is 58.6 Å². The van der Waals surface area contributed by atoms with Crippen molar-refractivity contribution in [3.63, 3.8) is 0 Å². The highest BCUT2D eigenvalue weighted by Crippen LogP contribution is 2.25. The van der Waals surface area contributed by atoms with Crippen LogP contribution >= 0.6 is 0 Å². The molecule has 0 radical (unpaired) electrons. The zero-order chi connectivity index (χ0) is 21.1. The molecule has 0 aliphatic heterocycles. The van der Waals surface area contributed by atoms with E-state index in [-0.39, 0.29) is 11.8 Å². The van der Waals surface area contributed by atoms with E-state index in [1.165, 1.54) is 0 Å². The average molecular weight is 397 g/mol. The van der Waals surface area contributed by atoms with Gasteiger partial charge in [-0.15, -0.1) is 0 Å². The highest BCUT2D eigenvalue weighted by Gasteiger charge is 2.30. The van der Waals surface area contributed by atoms with Gasteiger partial charge in [0, 0.05) is 19.5 Å². The second-order valence-electron chi connectivity index (χ2n) is 7.08. The Morgan fingerprint density at radius 3 is 2.28 bits per heavy atom. The first-order valence-electron chi connectivity index (χ1n) is 10.4. The molecule has 0 bridgehead atoms. The Bertz CT molecular complexity index is 759. The zero-order valence-corrected chi connectivity index (χ0v) is 17.7. The quantitative estimate of drug-likeness (QED) is 0.570. The van der Waals surface area contributed by atoms with Gasteiger partial charge in [-0.2, -0.15) is 0 Å². The van der Waals surface area contributed by atoms with Gasteiger partial charge in [0.2, 0.25) is 11.8 Å². The van der Waals surface area contributed by atoms with E-state index in [2.05, 4.69) is 12.2 Å². The Balaban J connectivity index is 2.36. The first-order chi connectivity index (χ1) is 14.1. The Kier molecular flexibility index (Phi) is 9.22. The van der Waals surface area contributed by atoms with E-state index in [0.29, 0.717) is 19.5 Å². The van der Waals surface area contributed by atoms with Crippen LogP contribution in [0.25, 0.3) is 0 Å². The molecule has 5 nitrogen and oxygen atoms in total. The fourth-order valence-electron chi connectivity index (χ4n) is 3.20. The molecule has 0 saturated carbocycles. The number of rotatable bonds is 11. The molecule has 0 aromatic heterocycles. The van der Waals surface area contributed by atoms with Crippen LogP contribution in [0.3, 0.4) is 0 Å². The van der Waals surface area contributed by atoms with Crippen LogP contribution < -0.4 is 10.1 Å². The molecule has 2 aromatic carbocycles. The van der Waals surface area contributed by atoms with Crippen LogP contribution in [0.2, 0.25) is 0 Å². The number of nitrogens with zero attached hydrogens (tertiary/aromatic N) is 1. The summed E-state index contributed by atoms with van der Waals surface area (Å²) >= 11 is 0. The normalized spacial score (nSPS) is 11.6. The molecule has 0 aliphatic carbocycles. The highest BCUT2D eigenvalue weighted by atomic mass is 16.5. The molecule has 1 N–H and O–H groups in total. The Morgan fingerprint density at radius 1 is 1.00 bits per heavy atom. The summed E-state index contributed by atoms with van der Waals surface area (Å²) in [5.74, 6) is 0.600. The number of hydrogen-bond donors (Lipinski definition) is 1. The second kappa shape index (κ2) is 11.9. The first-order valence-corrected chi connectivity index (χ1v) is 10.4. The van der Waals surface area contributed by atoms with Crippen molar-refractivity contribution in [1.82, 2.24) is 10.2 Å². The largest absolute Gasteiger partial charge is 0.497 e. The lowest BCUT2D eigenvalue weighted by Gasteiger charge is -2.31. The van der Waals surface area contributed by atoms with Crippen molar-refractivity contribution in [3.8, 4) is 5.75 Å². The van der Waals surface area contributed by atoms with Crippen LogP contribution in [0.1, 0.15) is 56.7 Å². The highest BCUT2D eigenvalue weighted by molar-refractivity contribution is 5.88. The molecule has 156 valence electrons. The van der Waals surface area contributed by atoms with Gasteiger partial charge in [-0.05, 0) is 36.1 Å². The molecular formula is C24H32N2O3. The van der Waals surface area contributed by atoms with Crippen molar-refractivity contribution in [2.45, 2.75) is 52.1 Å². The molecule has 29 heavy (non-hydrogen) atoms. The Hall–Kier alpha value is -2.82. The maximum absolute atomic E-state index is 13.1. The Labute approximate surface area is 174 Å². The predicted molar refractivity (Wildman–Crippen MR) is 116 cm³/mol. The molecule has 0 aliphatic rings. The molecule has 0 unspecified atom stereocenters. The van der Waals surface area contributed by atoms with E-state index in [1.54, 1.807) is 12.0 Å². The smallest absolute Gasteiger partial charge is 0.247 e. The molecule has 1 atom stereocenters. The fourth-order valence-corrected chi connectivity index (χ4v) is 3.20. The summed E-state index contributed by atoms with van der Waals surface area (Å²) in [4.78, 5) is 27.9. The fraction of sp³-hybridized carbons (Fsp3) is 0.417. The summed E-state index contributed by atoms with van der Waals surface area (Å²) in [6, 6.07) is 16.5. The molecule has 5 heteroatoms. The zero-order valence-electron chi connectivity index (χ0n) is 17.7. The minimum absolute atomic E-state index is 0.0252. The molecular weight excluding hydrogens is 364 g/mol. The maximum atomic E-state index is 13.1. The number of carbonyl (C=O) groups is 2. The van der Waals surface area contributed by atoms with Crippen molar-refractivity contribution in [2.24, 2.45) is 0 Å². The summed E-state index contributed by atoms with van der Waals surface area (Å²) in [5, 5.41) is 3.01. The van der Waals surface area contributed by atoms with E-state index in [0.717, 1.165) is 36.1 Å². The minimum Gasteiger partial charge on any atom is -0.497 e. The Morgan fingerprint density at radius 2 is 1.69 bits per heavy atom. The number of ether oxygens (including phenoxy) is 1. The molecule has 0 heterocycles. The van der Waals surface area contributed by atoms with Gasteiger partial charge >= 0.3 is 0 Å². The predicted octanol–water partition coefficient (Wildman–Crippen LogP) is 4.48. The van der Waals surface area contributed by atoms with Crippen molar-refractivity contribution in [3.05, 3.63) is 65.7 Å². The number of carbonyl (C=O) groups excluding carboxylic acids is 2. The van der Waals surface area contributed by atoms with Crippen LogP contribution in [-0.2, 0) is 16.1 Å². The molecule has 2 aromatic rings. The van der Waals surface area contributed by atoms with E-state index in [1.807, 2.05) is 61.5 Å². The van der Waals surface area contributed by atoms with Gasteiger partial charge in [-0.3, -0.25) is 9.59 Å².